The van der Waals surface area contributed by atoms with Gasteiger partial charge in [-0.3, -0.25) is 4.79 Å². The molecule has 0 aromatic carbocycles. The lowest BCUT2D eigenvalue weighted by Gasteiger charge is -2.04. The van der Waals surface area contributed by atoms with Crippen LogP contribution in [0.4, 0.5) is 0 Å². The van der Waals surface area contributed by atoms with E-state index in [0.29, 0.717) is 6.42 Å². The first-order valence-corrected chi connectivity index (χ1v) is 4.80. The van der Waals surface area contributed by atoms with Crippen LogP contribution in [0.15, 0.2) is 0 Å². The van der Waals surface area contributed by atoms with Gasteiger partial charge in [0.05, 0.1) is 6.61 Å². The maximum absolute atomic E-state index is 10.8. The number of carbonyl (C=O) groups excluding carboxylic acids is 1. The molecule has 0 spiro atoms. The Bertz CT molecular complexity index is 129. The van der Waals surface area contributed by atoms with Crippen LogP contribution >= 0.6 is 0 Å². The van der Waals surface area contributed by atoms with E-state index in [1.54, 1.807) is 7.05 Å². The van der Waals surface area contributed by atoms with Gasteiger partial charge in [-0.25, -0.2) is 0 Å². The fraction of sp³-hybridized carbons (Fsp3) is 0.889. The first kappa shape index (κ1) is 12.4. The van der Waals surface area contributed by atoms with Crippen molar-refractivity contribution in [2.45, 2.75) is 19.8 Å². The molecule has 0 aliphatic rings. The molecule has 0 aliphatic heterocycles. The fourth-order valence-electron chi connectivity index (χ4n) is 0.843. The van der Waals surface area contributed by atoms with Crippen molar-refractivity contribution < 1.29 is 9.53 Å². The van der Waals surface area contributed by atoms with Gasteiger partial charge in [-0.2, -0.15) is 0 Å². The molecule has 0 aromatic heterocycles. The monoisotopic (exact) mass is 188 g/mol. The molecular formula is C9H20N2O2. The largest absolute Gasteiger partial charge is 0.380 e. The molecular weight excluding hydrogens is 168 g/mol. The summed E-state index contributed by atoms with van der Waals surface area (Å²) < 4.78 is 5.25. The van der Waals surface area contributed by atoms with Crippen molar-refractivity contribution in [3.63, 3.8) is 0 Å². The third kappa shape index (κ3) is 9.30. The first-order chi connectivity index (χ1) is 6.31. The topological polar surface area (TPSA) is 50.4 Å². The third-order valence-electron chi connectivity index (χ3n) is 1.58. The molecule has 2 N–H and O–H groups in total. The van der Waals surface area contributed by atoms with Gasteiger partial charge in [0.25, 0.3) is 0 Å². The van der Waals surface area contributed by atoms with Crippen molar-refractivity contribution in [3.05, 3.63) is 0 Å². The second kappa shape index (κ2) is 9.48. The Balaban J connectivity index is 2.95. The number of amides is 1. The number of carbonyl (C=O) groups is 1. The van der Waals surface area contributed by atoms with Gasteiger partial charge < -0.3 is 15.4 Å². The molecule has 4 nitrogen and oxygen atoms in total. The van der Waals surface area contributed by atoms with Crippen molar-refractivity contribution >= 4 is 5.91 Å². The zero-order valence-electron chi connectivity index (χ0n) is 8.56. The van der Waals surface area contributed by atoms with E-state index in [0.717, 1.165) is 32.7 Å². The van der Waals surface area contributed by atoms with Crippen molar-refractivity contribution in [1.29, 1.82) is 0 Å². The van der Waals surface area contributed by atoms with E-state index >= 15 is 0 Å². The molecule has 0 bridgehead atoms. The molecule has 0 heterocycles. The number of nitrogens with one attached hydrogen (secondary N) is 2. The van der Waals surface area contributed by atoms with Crippen molar-refractivity contribution in [2.75, 3.05) is 33.4 Å². The van der Waals surface area contributed by atoms with Gasteiger partial charge in [0.1, 0.15) is 0 Å². The Morgan fingerprint density at radius 1 is 1.31 bits per heavy atom. The highest BCUT2D eigenvalue weighted by Crippen LogP contribution is 1.79. The smallest absolute Gasteiger partial charge is 0.221 e. The molecule has 0 aliphatic carbocycles. The second-order valence-electron chi connectivity index (χ2n) is 2.79. The van der Waals surface area contributed by atoms with Gasteiger partial charge in [0.15, 0.2) is 0 Å². The van der Waals surface area contributed by atoms with Crippen LogP contribution in [0.5, 0.6) is 0 Å². The fourth-order valence-corrected chi connectivity index (χ4v) is 0.843. The van der Waals surface area contributed by atoms with Gasteiger partial charge in [0, 0.05) is 33.2 Å². The standard InChI is InChI=1S/C9H20N2O2/c1-3-7-13-8-6-11-5-4-9(12)10-2/h11H,3-8H2,1-2H3,(H,10,12). The SMILES string of the molecule is CCCOCCNCCC(=O)NC. The number of hydrogen-bond acceptors (Lipinski definition) is 3. The predicted molar refractivity (Wildman–Crippen MR) is 52.7 cm³/mol. The van der Waals surface area contributed by atoms with Crippen LogP contribution in [-0.4, -0.2) is 39.3 Å². The van der Waals surface area contributed by atoms with E-state index < -0.39 is 0 Å². The molecule has 0 rings (SSSR count). The molecule has 0 aromatic rings. The zero-order chi connectivity index (χ0) is 9.94. The second-order valence-corrected chi connectivity index (χ2v) is 2.79. The quantitative estimate of drug-likeness (QED) is 0.533. The summed E-state index contributed by atoms with van der Waals surface area (Å²) >= 11 is 0. The molecule has 78 valence electrons. The molecule has 0 fully saturated rings. The van der Waals surface area contributed by atoms with Gasteiger partial charge >= 0.3 is 0 Å². The van der Waals surface area contributed by atoms with Gasteiger partial charge in [-0.05, 0) is 6.42 Å². The Labute approximate surface area is 80.0 Å². The molecule has 1 amide bonds. The van der Waals surface area contributed by atoms with E-state index in [1.807, 2.05) is 0 Å². The summed E-state index contributed by atoms with van der Waals surface area (Å²) in [6.07, 6.45) is 1.59. The van der Waals surface area contributed by atoms with E-state index in [2.05, 4.69) is 17.6 Å². The Hall–Kier alpha value is -0.610. The first-order valence-electron chi connectivity index (χ1n) is 4.80. The number of hydrogen-bond donors (Lipinski definition) is 2. The molecule has 0 saturated heterocycles. The average Bonchev–Trinajstić information content (AvgIpc) is 2.16. The van der Waals surface area contributed by atoms with E-state index in [-0.39, 0.29) is 5.91 Å². The summed E-state index contributed by atoms with van der Waals surface area (Å²) in [5, 5.41) is 5.69. The van der Waals surface area contributed by atoms with Gasteiger partial charge in [0.2, 0.25) is 5.91 Å². The third-order valence-corrected chi connectivity index (χ3v) is 1.58. The minimum atomic E-state index is 0.0713. The maximum Gasteiger partial charge on any atom is 0.221 e. The predicted octanol–water partition coefficient (Wildman–Crippen LogP) is 0.139. The van der Waals surface area contributed by atoms with Crippen LogP contribution < -0.4 is 10.6 Å². The molecule has 0 atom stereocenters. The zero-order valence-corrected chi connectivity index (χ0v) is 8.56. The Morgan fingerprint density at radius 2 is 2.08 bits per heavy atom. The van der Waals surface area contributed by atoms with Gasteiger partial charge in [-0.1, -0.05) is 6.92 Å². The van der Waals surface area contributed by atoms with Crippen LogP contribution in [0, 0.1) is 0 Å². The summed E-state index contributed by atoms with van der Waals surface area (Å²) in [6, 6.07) is 0. The van der Waals surface area contributed by atoms with Gasteiger partial charge in [-0.15, -0.1) is 0 Å². The summed E-state index contributed by atoms with van der Waals surface area (Å²) in [6.45, 7) is 5.16. The lowest BCUT2D eigenvalue weighted by atomic mass is 10.4. The molecule has 0 saturated carbocycles. The van der Waals surface area contributed by atoms with Crippen molar-refractivity contribution in [3.8, 4) is 0 Å². The van der Waals surface area contributed by atoms with Crippen LogP contribution in [0.2, 0.25) is 0 Å². The normalized spacial score (nSPS) is 10.0. The number of rotatable bonds is 8. The average molecular weight is 188 g/mol. The Kier molecular flexibility index (Phi) is 9.03. The summed E-state index contributed by atoms with van der Waals surface area (Å²) in [7, 11) is 1.65. The lowest BCUT2D eigenvalue weighted by molar-refractivity contribution is -0.120. The highest BCUT2D eigenvalue weighted by Gasteiger charge is 1.95. The molecule has 0 unspecified atom stereocenters. The minimum Gasteiger partial charge on any atom is -0.380 e. The summed E-state index contributed by atoms with van der Waals surface area (Å²) in [4.78, 5) is 10.8. The minimum absolute atomic E-state index is 0.0713. The van der Waals surface area contributed by atoms with E-state index in [1.165, 1.54) is 0 Å². The van der Waals surface area contributed by atoms with Crippen molar-refractivity contribution in [2.24, 2.45) is 0 Å². The molecule has 13 heavy (non-hydrogen) atoms. The lowest BCUT2D eigenvalue weighted by Crippen LogP contribution is -2.26. The van der Waals surface area contributed by atoms with Crippen LogP contribution in [0.1, 0.15) is 19.8 Å². The van der Waals surface area contributed by atoms with Crippen molar-refractivity contribution in [1.82, 2.24) is 10.6 Å². The maximum atomic E-state index is 10.8. The number of ether oxygens (including phenoxy) is 1. The highest BCUT2D eigenvalue weighted by atomic mass is 16.5. The van der Waals surface area contributed by atoms with E-state index in [4.69, 9.17) is 4.74 Å². The van der Waals surface area contributed by atoms with E-state index in [9.17, 15) is 4.79 Å². The molecule has 0 radical (unpaired) electrons. The summed E-state index contributed by atoms with van der Waals surface area (Å²) in [5.41, 5.74) is 0. The molecule has 4 heteroatoms. The Morgan fingerprint density at radius 3 is 2.69 bits per heavy atom. The highest BCUT2D eigenvalue weighted by molar-refractivity contribution is 5.75. The van der Waals surface area contributed by atoms with Crippen LogP contribution in [-0.2, 0) is 9.53 Å². The summed E-state index contributed by atoms with van der Waals surface area (Å²) in [5.74, 6) is 0.0713. The van der Waals surface area contributed by atoms with Crippen LogP contribution in [0.25, 0.3) is 0 Å². The van der Waals surface area contributed by atoms with Crippen LogP contribution in [0.3, 0.4) is 0 Å².